The molecule has 0 bridgehead atoms. The zero-order chi connectivity index (χ0) is 19.5. The van der Waals surface area contributed by atoms with Crippen LogP contribution in [0.1, 0.15) is 52.7 Å². The fourth-order valence-corrected chi connectivity index (χ4v) is 3.90. The van der Waals surface area contributed by atoms with Crippen LogP contribution in [0.5, 0.6) is 11.5 Å². The third-order valence-electron chi connectivity index (χ3n) is 5.50. The van der Waals surface area contributed by atoms with Crippen LogP contribution in [-0.4, -0.2) is 48.1 Å². The van der Waals surface area contributed by atoms with Crippen LogP contribution in [0.3, 0.4) is 0 Å². The molecule has 4 rings (SSSR count). The van der Waals surface area contributed by atoms with E-state index in [4.69, 9.17) is 14.5 Å². The lowest BCUT2D eigenvalue weighted by Gasteiger charge is -2.30. The molecule has 0 radical (unpaired) electrons. The molecule has 0 aliphatic carbocycles. The number of hydrogen-bond donors (Lipinski definition) is 1. The van der Waals surface area contributed by atoms with Gasteiger partial charge in [-0.25, -0.2) is 9.97 Å². The molecule has 1 N–H and O–H groups in total. The van der Waals surface area contributed by atoms with Crippen molar-refractivity contribution < 1.29 is 14.3 Å². The number of carbonyl (C=O) groups excluding carboxylic acids is 1. The van der Waals surface area contributed by atoms with E-state index in [1.165, 1.54) is 12.8 Å². The van der Waals surface area contributed by atoms with Gasteiger partial charge in [-0.1, -0.05) is 6.42 Å². The van der Waals surface area contributed by atoms with E-state index in [0.29, 0.717) is 30.2 Å². The van der Waals surface area contributed by atoms with Crippen LogP contribution in [0.2, 0.25) is 0 Å². The lowest BCUT2D eigenvalue weighted by molar-refractivity contribution is 0.0729. The van der Waals surface area contributed by atoms with Gasteiger partial charge in [-0.05, 0) is 37.6 Å². The van der Waals surface area contributed by atoms with Crippen molar-refractivity contribution in [3.05, 3.63) is 47.0 Å². The molecule has 1 saturated heterocycles. The van der Waals surface area contributed by atoms with Crippen LogP contribution in [0, 0.1) is 0 Å². The lowest BCUT2D eigenvalue weighted by Crippen LogP contribution is -2.37. The molecule has 7 nitrogen and oxygen atoms in total. The Morgan fingerprint density at radius 1 is 1.25 bits per heavy atom. The van der Waals surface area contributed by atoms with Gasteiger partial charge in [-0.15, -0.1) is 0 Å². The molecule has 1 fully saturated rings. The summed E-state index contributed by atoms with van der Waals surface area (Å²) < 4.78 is 10.6. The fraction of sp³-hybridized carbons (Fsp3) is 0.476. The zero-order valence-electron chi connectivity index (χ0n) is 16.4. The number of hydrogen-bond acceptors (Lipinski definition) is 6. The number of aromatic nitrogens is 2. The monoisotopic (exact) mass is 382 g/mol. The first kappa shape index (κ1) is 18.7. The van der Waals surface area contributed by atoms with Crippen molar-refractivity contribution >= 4 is 5.91 Å². The average molecular weight is 382 g/mol. The van der Waals surface area contributed by atoms with Crippen molar-refractivity contribution in [1.29, 1.82) is 0 Å². The lowest BCUT2D eigenvalue weighted by atomic mass is 10.0. The van der Waals surface area contributed by atoms with Gasteiger partial charge in [0.15, 0.2) is 0 Å². The van der Waals surface area contributed by atoms with E-state index in [2.05, 4.69) is 10.3 Å². The molecule has 0 spiro atoms. The summed E-state index contributed by atoms with van der Waals surface area (Å²) >= 11 is 0. The van der Waals surface area contributed by atoms with E-state index < -0.39 is 0 Å². The Labute approximate surface area is 165 Å². The first-order chi connectivity index (χ1) is 13.7. The Bertz CT molecular complexity index is 865. The van der Waals surface area contributed by atoms with Gasteiger partial charge in [0.25, 0.3) is 5.91 Å². The molecule has 7 heteroatoms. The van der Waals surface area contributed by atoms with Crippen molar-refractivity contribution in [1.82, 2.24) is 20.2 Å². The molecule has 2 aromatic rings. The highest BCUT2D eigenvalue weighted by Gasteiger charge is 2.27. The number of nitrogens with zero attached hydrogens (tertiary/aromatic N) is 3. The maximum Gasteiger partial charge on any atom is 0.258 e. The maximum atomic E-state index is 13.1. The van der Waals surface area contributed by atoms with Gasteiger partial charge in [-0.3, -0.25) is 4.79 Å². The molecule has 0 saturated carbocycles. The summed E-state index contributed by atoms with van der Waals surface area (Å²) in [7, 11) is 3.15. The van der Waals surface area contributed by atoms with Crippen LogP contribution in [-0.2, 0) is 13.0 Å². The Kier molecular flexibility index (Phi) is 5.43. The Balaban J connectivity index is 1.53. The van der Waals surface area contributed by atoms with Crippen molar-refractivity contribution in [2.75, 3.05) is 27.3 Å². The number of piperidine rings is 1. The number of benzene rings is 1. The van der Waals surface area contributed by atoms with E-state index in [1.807, 2.05) is 11.1 Å². The number of rotatable bonds is 4. The third-order valence-corrected chi connectivity index (χ3v) is 5.50. The van der Waals surface area contributed by atoms with Gasteiger partial charge in [-0.2, -0.15) is 0 Å². The molecule has 1 aromatic carbocycles. The van der Waals surface area contributed by atoms with E-state index in [0.717, 1.165) is 36.5 Å². The second-order valence-corrected chi connectivity index (χ2v) is 7.25. The van der Waals surface area contributed by atoms with Crippen LogP contribution in [0.25, 0.3) is 0 Å². The molecule has 1 amide bonds. The zero-order valence-corrected chi connectivity index (χ0v) is 16.4. The summed E-state index contributed by atoms with van der Waals surface area (Å²) in [5, 5.41) is 3.50. The van der Waals surface area contributed by atoms with Crippen LogP contribution in [0.15, 0.2) is 24.4 Å². The topological polar surface area (TPSA) is 76.6 Å². The molecule has 0 unspecified atom stereocenters. The molecule has 2 aliphatic heterocycles. The number of fused-ring (bicyclic) bond motifs is 1. The number of methoxy groups -OCH3 is 2. The molecular formula is C21H26N4O3. The maximum absolute atomic E-state index is 13.1. The molecule has 28 heavy (non-hydrogen) atoms. The summed E-state index contributed by atoms with van der Waals surface area (Å²) in [4.78, 5) is 24.3. The highest BCUT2D eigenvalue weighted by molar-refractivity contribution is 5.97. The minimum absolute atomic E-state index is 0.0700. The second-order valence-electron chi connectivity index (χ2n) is 7.25. The molecule has 148 valence electrons. The minimum Gasteiger partial charge on any atom is -0.497 e. The second kappa shape index (κ2) is 8.14. The predicted molar refractivity (Wildman–Crippen MR) is 105 cm³/mol. The van der Waals surface area contributed by atoms with Gasteiger partial charge in [0.05, 0.1) is 31.5 Å². The van der Waals surface area contributed by atoms with Gasteiger partial charge in [0, 0.05) is 31.3 Å². The van der Waals surface area contributed by atoms with Crippen LogP contribution < -0.4 is 14.8 Å². The van der Waals surface area contributed by atoms with Crippen molar-refractivity contribution in [3.63, 3.8) is 0 Å². The Hall–Kier alpha value is -2.67. The molecule has 3 heterocycles. The van der Waals surface area contributed by atoms with Crippen molar-refractivity contribution in [3.8, 4) is 11.5 Å². The molecule has 1 atom stereocenters. The largest absolute Gasteiger partial charge is 0.497 e. The quantitative estimate of drug-likeness (QED) is 0.876. The van der Waals surface area contributed by atoms with Gasteiger partial charge in [0.1, 0.15) is 17.3 Å². The third kappa shape index (κ3) is 3.67. The summed E-state index contributed by atoms with van der Waals surface area (Å²) in [6, 6.07) is 5.52. The first-order valence-electron chi connectivity index (χ1n) is 9.79. The fourth-order valence-electron chi connectivity index (χ4n) is 3.90. The SMILES string of the molecule is COc1ccc(OC)c(C(=O)N2CCc3nc([C@H]4CCCCN4)ncc3C2)c1. The number of ether oxygens (including phenoxy) is 2. The van der Waals surface area contributed by atoms with Crippen molar-refractivity contribution in [2.24, 2.45) is 0 Å². The van der Waals surface area contributed by atoms with Gasteiger partial charge in [0.2, 0.25) is 0 Å². The Morgan fingerprint density at radius 2 is 2.14 bits per heavy atom. The van der Waals surface area contributed by atoms with Crippen molar-refractivity contribution in [2.45, 2.75) is 38.3 Å². The van der Waals surface area contributed by atoms with Gasteiger partial charge >= 0.3 is 0 Å². The van der Waals surface area contributed by atoms with E-state index in [-0.39, 0.29) is 11.9 Å². The first-order valence-corrected chi connectivity index (χ1v) is 9.79. The van der Waals surface area contributed by atoms with Gasteiger partial charge < -0.3 is 19.7 Å². The number of amides is 1. The molecule has 2 aliphatic rings. The number of nitrogens with one attached hydrogen (secondary N) is 1. The normalized spacial score (nSPS) is 19.1. The van der Waals surface area contributed by atoms with E-state index in [1.54, 1.807) is 32.4 Å². The van der Waals surface area contributed by atoms with Crippen LogP contribution >= 0.6 is 0 Å². The standard InChI is InChI=1S/C21H26N4O3/c1-27-15-6-7-19(28-2)16(11-15)21(26)25-10-8-17-14(13-25)12-23-20(24-17)18-5-3-4-9-22-18/h6-7,11-12,18,22H,3-5,8-10,13H2,1-2H3/t18-/m1/s1. The molecular weight excluding hydrogens is 356 g/mol. The molecule has 1 aromatic heterocycles. The summed E-state index contributed by atoms with van der Waals surface area (Å²) in [6.07, 6.45) is 6.12. The highest BCUT2D eigenvalue weighted by atomic mass is 16.5. The van der Waals surface area contributed by atoms with Crippen LogP contribution in [0.4, 0.5) is 0 Å². The summed E-state index contributed by atoms with van der Waals surface area (Å²) in [5.41, 5.74) is 2.58. The minimum atomic E-state index is -0.0700. The Morgan fingerprint density at radius 3 is 2.89 bits per heavy atom. The predicted octanol–water partition coefficient (Wildman–Crippen LogP) is 2.51. The van der Waals surface area contributed by atoms with E-state index in [9.17, 15) is 4.79 Å². The smallest absolute Gasteiger partial charge is 0.258 e. The highest BCUT2D eigenvalue weighted by Crippen LogP contribution is 2.28. The van der Waals surface area contributed by atoms with E-state index >= 15 is 0 Å². The summed E-state index contributed by atoms with van der Waals surface area (Å²) in [5.74, 6) is 1.99. The number of carbonyl (C=O) groups is 1. The average Bonchev–Trinajstić information content (AvgIpc) is 2.78. The summed E-state index contributed by atoms with van der Waals surface area (Å²) in [6.45, 7) is 2.16.